The molecule has 2 saturated heterocycles. The number of alkyl halides is 2. The zero-order valence-electron chi connectivity index (χ0n) is 15.0. The Bertz CT molecular complexity index is 617. The third-order valence-corrected chi connectivity index (χ3v) is 5.22. The topological polar surface area (TPSA) is 60.0 Å². The molecule has 1 aromatic rings. The monoisotopic (exact) mass is 370 g/mol. The number of fused-ring (bicyclic) bond motifs is 1. The molecule has 2 atom stereocenters. The van der Waals surface area contributed by atoms with Crippen LogP contribution in [0.4, 0.5) is 8.78 Å². The molecular formula is C18H24F2N2O4. The summed E-state index contributed by atoms with van der Waals surface area (Å²) in [6, 6.07) is 2.85. The number of carbonyl (C=O) groups excluding carboxylic acids is 1. The van der Waals surface area contributed by atoms with Crippen molar-refractivity contribution in [3.63, 3.8) is 0 Å². The van der Waals surface area contributed by atoms with Crippen molar-refractivity contribution in [2.75, 3.05) is 40.4 Å². The maximum Gasteiger partial charge on any atom is 0.387 e. The van der Waals surface area contributed by atoms with Crippen molar-refractivity contribution in [3.05, 3.63) is 17.7 Å². The third-order valence-electron chi connectivity index (χ3n) is 5.22. The number of ether oxygens (including phenoxy) is 3. The number of nitrogens with one attached hydrogen (secondary N) is 1. The SMILES string of the molecule is COc1cc(C(=O)N2CC[C@@H]3CNC[C@@H]3CC2)cc(OC)c1OC(F)F. The van der Waals surface area contributed by atoms with Crippen LogP contribution in [0.3, 0.4) is 0 Å². The van der Waals surface area contributed by atoms with Gasteiger partial charge in [0.15, 0.2) is 11.5 Å². The highest BCUT2D eigenvalue weighted by atomic mass is 19.3. The first-order valence-corrected chi connectivity index (χ1v) is 8.74. The summed E-state index contributed by atoms with van der Waals surface area (Å²) >= 11 is 0. The van der Waals surface area contributed by atoms with Crippen LogP contribution < -0.4 is 19.5 Å². The largest absolute Gasteiger partial charge is 0.493 e. The molecule has 26 heavy (non-hydrogen) atoms. The van der Waals surface area contributed by atoms with Crippen molar-refractivity contribution in [1.29, 1.82) is 0 Å². The van der Waals surface area contributed by atoms with Crippen LogP contribution in [0.5, 0.6) is 17.2 Å². The van der Waals surface area contributed by atoms with E-state index in [2.05, 4.69) is 10.1 Å². The van der Waals surface area contributed by atoms with Crippen LogP contribution in [-0.2, 0) is 0 Å². The van der Waals surface area contributed by atoms with E-state index in [1.807, 2.05) is 4.90 Å². The van der Waals surface area contributed by atoms with Gasteiger partial charge in [-0.1, -0.05) is 0 Å². The fraction of sp³-hybridized carbons (Fsp3) is 0.611. The number of likely N-dealkylation sites (tertiary alicyclic amines) is 1. The van der Waals surface area contributed by atoms with Gasteiger partial charge < -0.3 is 24.4 Å². The summed E-state index contributed by atoms with van der Waals surface area (Å²) < 4.78 is 40.1. The first kappa shape index (κ1) is 18.7. The molecule has 8 heteroatoms. The highest BCUT2D eigenvalue weighted by molar-refractivity contribution is 5.95. The minimum Gasteiger partial charge on any atom is -0.493 e. The van der Waals surface area contributed by atoms with Crippen molar-refractivity contribution < 1.29 is 27.8 Å². The quantitative estimate of drug-likeness (QED) is 0.862. The predicted molar refractivity (Wildman–Crippen MR) is 91.2 cm³/mol. The summed E-state index contributed by atoms with van der Waals surface area (Å²) in [5.41, 5.74) is 0.338. The van der Waals surface area contributed by atoms with Gasteiger partial charge in [-0.15, -0.1) is 0 Å². The molecule has 0 unspecified atom stereocenters. The molecule has 2 fully saturated rings. The second-order valence-electron chi connectivity index (χ2n) is 6.64. The lowest BCUT2D eigenvalue weighted by Crippen LogP contribution is -2.32. The molecule has 0 bridgehead atoms. The highest BCUT2D eigenvalue weighted by Crippen LogP contribution is 2.40. The van der Waals surface area contributed by atoms with E-state index in [9.17, 15) is 13.6 Å². The Morgan fingerprint density at radius 1 is 1.12 bits per heavy atom. The van der Waals surface area contributed by atoms with E-state index in [1.165, 1.54) is 26.4 Å². The molecule has 1 aromatic carbocycles. The zero-order valence-corrected chi connectivity index (χ0v) is 15.0. The van der Waals surface area contributed by atoms with Crippen LogP contribution >= 0.6 is 0 Å². The number of nitrogens with zero attached hydrogens (tertiary/aromatic N) is 1. The molecule has 6 nitrogen and oxygen atoms in total. The lowest BCUT2D eigenvalue weighted by atomic mass is 9.92. The van der Waals surface area contributed by atoms with E-state index in [0.29, 0.717) is 30.5 Å². The Morgan fingerprint density at radius 3 is 2.12 bits per heavy atom. The molecule has 2 heterocycles. The lowest BCUT2D eigenvalue weighted by Gasteiger charge is -2.22. The summed E-state index contributed by atoms with van der Waals surface area (Å²) in [6.45, 7) is 0.364. The maximum absolute atomic E-state index is 13.0. The fourth-order valence-electron chi connectivity index (χ4n) is 3.81. The number of halogens is 2. The normalized spacial score (nSPS) is 22.7. The van der Waals surface area contributed by atoms with Gasteiger partial charge in [0.25, 0.3) is 5.91 Å². The summed E-state index contributed by atoms with van der Waals surface area (Å²) in [5, 5.41) is 3.41. The number of methoxy groups -OCH3 is 2. The molecule has 0 aromatic heterocycles. The number of hydrogen-bond acceptors (Lipinski definition) is 5. The first-order valence-electron chi connectivity index (χ1n) is 8.74. The summed E-state index contributed by atoms with van der Waals surface area (Å²) in [5.74, 6) is 0.946. The van der Waals surface area contributed by atoms with E-state index in [4.69, 9.17) is 9.47 Å². The first-order chi connectivity index (χ1) is 12.5. The zero-order chi connectivity index (χ0) is 18.7. The smallest absolute Gasteiger partial charge is 0.387 e. The molecular weight excluding hydrogens is 346 g/mol. The minimum atomic E-state index is -3.02. The number of rotatable bonds is 5. The van der Waals surface area contributed by atoms with Crippen LogP contribution in [0.15, 0.2) is 12.1 Å². The molecule has 0 radical (unpaired) electrons. The van der Waals surface area contributed by atoms with Crippen molar-refractivity contribution in [2.45, 2.75) is 19.5 Å². The molecule has 0 aliphatic carbocycles. The molecule has 1 N–H and O–H groups in total. The van der Waals surface area contributed by atoms with Gasteiger partial charge in [-0.2, -0.15) is 8.78 Å². The molecule has 1 amide bonds. The van der Waals surface area contributed by atoms with E-state index in [0.717, 1.165) is 25.9 Å². The van der Waals surface area contributed by atoms with Crippen LogP contribution in [0.1, 0.15) is 23.2 Å². The highest BCUT2D eigenvalue weighted by Gasteiger charge is 2.32. The van der Waals surface area contributed by atoms with Gasteiger partial charge in [0.1, 0.15) is 0 Å². The van der Waals surface area contributed by atoms with Crippen LogP contribution in [0.2, 0.25) is 0 Å². The lowest BCUT2D eigenvalue weighted by molar-refractivity contribution is -0.0526. The Kier molecular flexibility index (Phi) is 5.80. The van der Waals surface area contributed by atoms with Crippen LogP contribution in [0.25, 0.3) is 0 Å². The van der Waals surface area contributed by atoms with Gasteiger partial charge in [0.05, 0.1) is 14.2 Å². The Balaban J connectivity index is 1.82. The fourth-order valence-corrected chi connectivity index (χ4v) is 3.81. The van der Waals surface area contributed by atoms with Crippen molar-refractivity contribution >= 4 is 5.91 Å². The minimum absolute atomic E-state index is 0.0453. The van der Waals surface area contributed by atoms with E-state index < -0.39 is 6.61 Å². The van der Waals surface area contributed by atoms with E-state index in [1.54, 1.807) is 0 Å². The summed E-state index contributed by atoms with van der Waals surface area (Å²) in [7, 11) is 2.67. The number of benzene rings is 1. The summed E-state index contributed by atoms with van der Waals surface area (Å²) in [6.07, 6.45) is 1.93. The molecule has 144 valence electrons. The van der Waals surface area contributed by atoms with Gasteiger partial charge in [-0.3, -0.25) is 4.79 Å². The standard InChI is InChI=1S/C18H24F2N2O4/c1-24-14-7-13(8-15(25-2)16(14)26-18(19)20)17(23)22-5-3-11-9-21-10-12(11)4-6-22/h7-8,11-12,18,21H,3-6,9-10H2,1-2H3/t11-,12+. The van der Waals surface area contributed by atoms with E-state index in [-0.39, 0.29) is 23.2 Å². The van der Waals surface area contributed by atoms with Crippen LogP contribution in [-0.4, -0.2) is 57.8 Å². The van der Waals surface area contributed by atoms with Gasteiger partial charge in [0, 0.05) is 18.7 Å². The summed E-state index contributed by atoms with van der Waals surface area (Å²) in [4.78, 5) is 14.8. The predicted octanol–water partition coefficient (Wildman–Crippen LogP) is 2.38. The Hall–Kier alpha value is -2.09. The van der Waals surface area contributed by atoms with Gasteiger partial charge in [0.2, 0.25) is 5.75 Å². The van der Waals surface area contributed by atoms with E-state index >= 15 is 0 Å². The number of carbonyl (C=O) groups is 1. The molecule has 2 aliphatic heterocycles. The molecule has 3 rings (SSSR count). The molecule has 0 spiro atoms. The Labute approximate surface area is 151 Å². The van der Waals surface area contributed by atoms with Gasteiger partial charge in [-0.25, -0.2) is 0 Å². The van der Waals surface area contributed by atoms with Crippen molar-refractivity contribution in [1.82, 2.24) is 10.2 Å². The van der Waals surface area contributed by atoms with Gasteiger partial charge >= 0.3 is 6.61 Å². The average molecular weight is 370 g/mol. The van der Waals surface area contributed by atoms with Gasteiger partial charge in [-0.05, 0) is 49.9 Å². The Morgan fingerprint density at radius 2 is 1.65 bits per heavy atom. The third kappa shape index (κ3) is 3.85. The number of hydrogen-bond donors (Lipinski definition) is 1. The maximum atomic E-state index is 13.0. The second kappa shape index (κ2) is 8.07. The molecule has 0 saturated carbocycles. The molecule has 2 aliphatic rings. The second-order valence-corrected chi connectivity index (χ2v) is 6.64. The van der Waals surface area contributed by atoms with Crippen molar-refractivity contribution in [2.24, 2.45) is 11.8 Å². The van der Waals surface area contributed by atoms with Crippen molar-refractivity contribution in [3.8, 4) is 17.2 Å². The number of amides is 1. The average Bonchev–Trinajstić information content (AvgIpc) is 2.99. The van der Waals surface area contributed by atoms with Crippen LogP contribution in [0, 0.1) is 11.8 Å².